The number of fused-ring (bicyclic) bond motifs is 1. The molecule has 3 rings (SSSR count). The van der Waals surface area contributed by atoms with Gasteiger partial charge in [0.15, 0.2) is 0 Å². The van der Waals surface area contributed by atoms with Crippen molar-refractivity contribution in [3.05, 3.63) is 29.3 Å². The third-order valence-corrected chi connectivity index (χ3v) is 4.66. The van der Waals surface area contributed by atoms with Crippen molar-refractivity contribution in [1.82, 2.24) is 5.32 Å². The predicted octanol–water partition coefficient (Wildman–Crippen LogP) is 4.41. The smallest absolute Gasteiger partial charge is 0.412 e. The Kier molecular flexibility index (Phi) is 4.37. The maximum Gasteiger partial charge on any atom is 0.412 e. The van der Waals surface area contributed by atoms with Crippen LogP contribution in [0.2, 0.25) is 0 Å². The van der Waals surface area contributed by atoms with E-state index in [2.05, 4.69) is 29.7 Å². The highest BCUT2D eigenvalue weighted by Gasteiger charge is 2.31. The second-order valence-corrected chi connectivity index (χ2v) is 7.92. The van der Waals surface area contributed by atoms with Crippen LogP contribution >= 0.6 is 0 Å². The molecule has 2 aliphatic rings. The van der Waals surface area contributed by atoms with E-state index in [1.807, 2.05) is 26.8 Å². The van der Waals surface area contributed by atoms with Crippen molar-refractivity contribution in [3.63, 3.8) is 0 Å². The number of carbonyl (C=O) groups is 1. The fraction of sp³-hybridized carbons (Fsp3) is 0.632. The lowest BCUT2D eigenvalue weighted by Gasteiger charge is -2.21. The lowest BCUT2D eigenvalue weighted by atomic mass is 10.1. The summed E-state index contributed by atoms with van der Waals surface area (Å²) in [6, 6.07) is 7.27. The van der Waals surface area contributed by atoms with Crippen LogP contribution in [0.15, 0.2) is 18.2 Å². The van der Waals surface area contributed by atoms with Gasteiger partial charge in [-0.1, -0.05) is 6.07 Å². The molecule has 0 bridgehead atoms. The first-order valence-electron chi connectivity index (χ1n) is 8.71. The number of aryl methyl sites for hydroxylation is 1. The minimum Gasteiger partial charge on any atom is -0.444 e. The highest BCUT2D eigenvalue weighted by Crippen LogP contribution is 2.37. The molecule has 23 heavy (non-hydrogen) atoms. The van der Waals surface area contributed by atoms with Crippen LogP contribution in [0, 0.1) is 5.92 Å². The minimum absolute atomic E-state index is 0.396. The summed E-state index contributed by atoms with van der Waals surface area (Å²) in [7, 11) is 0. The molecule has 2 N–H and O–H groups in total. The van der Waals surface area contributed by atoms with E-state index in [9.17, 15) is 4.79 Å². The molecule has 1 saturated carbocycles. The van der Waals surface area contributed by atoms with Crippen LogP contribution in [0.25, 0.3) is 0 Å². The Morgan fingerprint density at radius 3 is 2.65 bits per heavy atom. The van der Waals surface area contributed by atoms with E-state index in [0.717, 1.165) is 24.4 Å². The number of carbonyl (C=O) groups excluding carboxylic acids is 1. The topological polar surface area (TPSA) is 50.4 Å². The Morgan fingerprint density at radius 1 is 1.26 bits per heavy atom. The number of benzene rings is 1. The maximum absolute atomic E-state index is 11.9. The molecule has 0 spiro atoms. The molecule has 1 amide bonds. The van der Waals surface area contributed by atoms with Gasteiger partial charge in [-0.3, -0.25) is 5.32 Å². The summed E-state index contributed by atoms with van der Waals surface area (Å²) in [6.45, 7) is 7.90. The second-order valence-electron chi connectivity index (χ2n) is 7.92. The average Bonchev–Trinajstić information content (AvgIpc) is 3.20. The Hall–Kier alpha value is -1.55. The molecule has 1 fully saturated rings. The summed E-state index contributed by atoms with van der Waals surface area (Å²) in [5.74, 6) is 0.868. The number of hydrogen-bond acceptors (Lipinski definition) is 3. The summed E-state index contributed by atoms with van der Waals surface area (Å²) in [5, 5.41) is 6.61. The monoisotopic (exact) mass is 316 g/mol. The molecular weight excluding hydrogens is 288 g/mol. The molecule has 0 heterocycles. The van der Waals surface area contributed by atoms with Crippen LogP contribution < -0.4 is 10.6 Å². The van der Waals surface area contributed by atoms with Crippen LogP contribution in [0.3, 0.4) is 0 Å². The minimum atomic E-state index is -0.477. The molecule has 4 nitrogen and oxygen atoms in total. The molecule has 2 aliphatic carbocycles. The van der Waals surface area contributed by atoms with Crippen molar-refractivity contribution in [2.75, 3.05) is 5.32 Å². The van der Waals surface area contributed by atoms with Crippen LogP contribution in [0.1, 0.15) is 64.1 Å². The fourth-order valence-corrected chi connectivity index (χ4v) is 3.34. The highest BCUT2D eigenvalue weighted by molar-refractivity contribution is 5.85. The Bertz CT molecular complexity index is 588. The molecule has 1 aromatic rings. The van der Waals surface area contributed by atoms with Crippen molar-refractivity contribution in [1.29, 1.82) is 0 Å². The molecular formula is C19H28N2O2. The quantitative estimate of drug-likeness (QED) is 0.865. The van der Waals surface area contributed by atoms with Crippen molar-refractivity contribution in [3.8, 4) is 0 Å². The van der Waals surface area contributed by atoms with Crippen molar-refractivity contribution >= 4 is 11.8 Å². The average molecular weight is 316 g/mol. The molecule has 0 aromatic heterocycles. The van der Waals surface area contributed by atoms with E-state index in [-0.39, 0.29) is 0 Å². The van der Waals surface area contributed by atoms with Crippen LogP contribution in [-0.2, 0) is 11.2 Å². The number of ether oxygens (including phenoxy) is 1. The van der Waals surface area contributed by atoms with Crippen molar-refractivity contribution in [2.45, 2.75) is 71.1 Å². The van der Waals surface area contributed by atoms with Gasteiger partial charge in [0, 0.05) is 17.8 Å². The van der Waals surface area contributed by atoms with E-state index in [1.54, 1.807) is 0 Å². The number of nitrogens with one attached hydrogen (secondary N) is 2. The molecule has 1 aromatic carbocycles. The number of rotatable bonds is 4. The first-order valence-corrected chi connectivity index (χ1v) is 8.71. The first kappa shape index (κ1) is 16.3. The van der Waals surface area contributed by atoms with Crippen molar-refractivity contribution in [2.24, 2.45) is 5.92 Å². The Morgan fingerprint density at radius 2 is 2.00 bits per heavy atom. The summed E-state index contributed by atoms with van der Waals surface area (Å²) >= 11 is 0. The van der Waals surface area contributed by atoms with E-state index in [0.29, 0.717) is 12.1 Å². The van der Waals surface area contributed by atoms with E-state index in [4.69, 9.17) is 4.74 Å². The lowest BCUT2D eigenvalue weighted by Crippen LogP contribution is -2.31. The maximum atomic E-state index is 11.9. The zero-order valence-corrected chi connectivity index (χ0v) is 14.6. The lowest BCUT2D eigenvalue weighted by molar-refractivity contribution is 0.0636. The molecule has 0 aliphatic heterocycles. The van der Waals surface area contributed by atoms with Gasteiger partial charge in [-0.05, 0) is 82.6 Å². The molecule has 0 saturated heterocycles. The Labute approximate surface area is 139 Å². The van der Waals surface area contributed by atoms with E-state index < -0.39 is 11.7 Å². The van der Waals surface area contributed by atoms with Crippen LogP contribution in [0.5, 0.6) is 0 Å². The SMILES string of the molecule is CC(NC1CCc2cc(NC(=O)OC(C)(C)C)ccc21)C1CC1. The Balaban J connectivity index is 1.63. The fourth-order valence-electron chi connectivity index (χ4n) is 3.34. The molecule has 126 valence electrons. The third-order valence-electron chi connectivity index (χ3n) is 4.66. The standard InChI is InChI=1S/C19H28N2O2/c1-12(13-5-6-13)20-17-10-7-14-11-15(8-9-16(14)17)21-18(22)23-19(2,3)4/h8-9,11-13,17,20H,5-7,10H2,1-4H3,(H,21,22). The number of amides is 1. The van der Waals surface area contributed by atoms with E-state index >= 15 is 0 Å². The third kappa shape index (κ3) is 4.25. The normalized spacial score (nSPS) is 21.7. The zero-order chi connectivity index (χ0) is 16.6. The van der Waals surface area contributed by atoms with Crippen LogP contribution in [0.4, 0.5) is 10.5 Å². The van der Waals surface area contributed by atoms with Crippen LogP contribution in [-0.4, -0.2) is 17.7 Å². The van der Waals surface area contributed by atoms with Gasteiger partial charge in [0.2, 0.25) is 0 Å². The summed E-state index contributed by atoms with van der Waals surface area (Å²) in [6.07, 6.45) is 4.54. The van der Waals surface area contributed by atoms with E-state index in [1.165, 1.54) is 24.0 Å². The predicted molar refractivity (Wildman–Crippen MR) is 92.7 cm³/mol. The van der Waals surface area contributed by atoms with Gasteiger partial charge in [0.05, 0.1) is 0 Å². The van der Waals surface area contributed by atoms with Gasteiger partial charge in [-0.15, -0.1) is 0 Å². The van der Waals surface area contributed by atoms with Gasteiger partial charge < -0.3 is 10.1 Å². The van der Waals surface area contributed by atoms with Gasteiger partial charge >= 0.3 is 6.09 Å². The zero-order valence-electron chi connectivity index (χ0n) is 14.6. The summed E-state index contributed by atoms with van der Waals surface area (Å²) < 4.78 is 5.31. The first-order chi connectivity index (χ1) is 10.8. The van der Waals surface area contributed by atoms with Gasteiger partial charge in [-0.2, -0.15) is 0 Å². The number of hydrogen-bond donors (Lipinski definition) is 2. The highest BCUT2D eigenvalue weighted by atomic mass is 16.6. The molecule has 2 unspecified atom stereocenters. The molecule has 2 atom stereocenters. The molecule has 0 radical (unpaired) electrons. The van der Waals surface area contributed by atoms with Gasteiger partial charge in [0.1, 0.15) is 5.60 Å². The van der Waals surface area contributed by atoms with Crippen molar-refractivity contribution < 1.29 is 9.53 Å². The second kappa shape index (κ2) is 6.16. The summed E-state index contributed by atoms with van der Waals surface area (Å²) in [4.78, 5) is 11.9. The largest absolute Gasteiger partial charge is 0.444 e. The van der Waals surface area contributed by atoms with Gasteiger partial charge in [0.25, 0.3) is 0 Å². The number of anilines is 1. The molecule has 4 heteroatoms. The van der Waals surface area contributed by atoms with Gasteiger partial charge in [-0.25, -0.2) is 4.79 Å². The summed E-state index contributed by atoms with van der Waals surface area (Å²) in [5.41, 5.74) is 3.05.